The lowest BCUT2D eigenvalue weighted by atomic mass is 10.0. The minimum Gasteiger partial charge on any atom is -0.487 e. The quantitative estimate of drug-likeness (QED) is 0.473. The number of pyridine rings is 2. The number of alkyl halides is 3. The number of carbonyl (C=O) groups is 1. The largest absolute Gasteiger partial charge is 0.487 e. The molecular formula is C23H18F3N5O2. The third-order valence-corrected chi connectivity index (χ3v) is 5.54. The molecule has 33 heavy (non-hydrogen) atoms. The minimum atomic E-state index is -4.51. The fraction of sp³-hybridized carbons (Fsp3) is 0.217. The Balaban J connectivity index is 1.50. The molecule has 1 aliphatic heterocycles. The van der Waals surface area contributed by atoms with Gasteiger partial charge in [-0.2, -0.15) is 18.3 Å². The molecule has 0 spiro atoms. The number of aromatic amines is 1. The van der Waals surface area contributed by atoms with Crippen LogP contribution in [0.3, 0.4) is 0 Å². The van der Waals surface area contributed by atoms with E-state index in [1.54, 1.807) is 11.0 Å². The summed E-state index contributed by atoms with van der Waals surface area (Å²) in [6.45, 7) is 4.10. The van der Waals surface area contributed by atoms with Crippen LogP contribution in [0.25, 0.3) is 22.3 Å². The fourth-order valence-corrected chi connectivity index (χ4v) is 3.90. The molecule has 3 aromatic heterocycles. The zero-order chi connectivity index (χ0) is 23.3. The van der Waals surface area contributed by atoms with E-state index < -0.39 is 11.9 Å². The number of carbonyl (C=O) groups excluding carboxylic acids is 1. The number of rotatable bonds is 2. The summed E-state index contributed by atoms with van der Waals surface area (Å²) in [5.74, 6) is 0.185. The van der Waals surface area contributed by atoms with Crippen LogP contribution in [-0.4, -0.2) is 38.7 Å². The lowest BCUT2D eigenvalue weighted by Crippen LogP contribution is -2.40. The molecule has 0 aliphatic carbocycles. The first kappa shape index (κ1) is 20.9. The molecule has 4 heterocycles. The van der Waals surface area contributed by atoms with Gasteiger partial charge in [0.15, 0.2) is 11.4 Å². The van der Waals surface area contributed by atoms with E-state index in [1.165, 1.54) is 18.3 Å². The molecule has 5 rings (SSSR count). The van der Waals surface area contributed by atoms with Gasteiger partial charge >= 0.3 is 6.18 Å². The first-order valence-electron chi connectivity index (χ1n) is 10.2. The topological polar surface area (TPSA) is 84.0 Å². The highest BCUT2D eigenvalue weighted by atomic mass is 19.4. The van der Waals surface area contributed by atoms with E-state index in [0.717, 1.165) is 22.9 Å². The maximum Gasteiger partial charge on any atom is 0.433 e. The summed E-state index contributed by atoms with van der Waals surface area (Å²) in [4.78, 5) is 22.9. The maximum atomic E-state index is 13.1. The van der Waals surface area contributed by atoms with Crippen LogP contribution in [0.4, 0.5) is 18.9 Å². The number of hydrogen-bond donors (Lipinski definition) is 1. The van der Waals surface area contributed by atoms with Crippen LogP contribution < -0.4 is 9.64 Å². The normalized spacial score (nSPS) is 16.5. The fourth-order valence-electron chi connectivity index (χ4n) is 3.90. The van der Waals surface area contributed by atoms with Crippen molar-refractivity contribution in [3.05, 3.63) is 65.6 Å². The number of aryl methyl sites for hydroxylation is 1. The molecular weight excluding hydrogens is 435 g/mol. The molecule has 4 aromatic rings. The van der Waals surface area contributed by atoms with E-state index >= 15 is 0 Å². The summed E-state index contributed by atoms with van der Waals surface area (Å²) in [6.07, 6.45) is -3.03. The van der Waals surface area contributed by atoms with Gasteiger partial charge in [0.1, 0.15) is 12.3 Å². The summed E-state index contributed by atoms with van der Waals surface area (Å²) in [7, 11) is 0. The number of hydrogen-bond acceptors (Lipinski definition) is 5. The van der Waals surface area contributed by atoms with Crippen molar-refractivity contribution in [3.63, 3.8) is 0 Å². The third kappa shape index (κ3) is 3.67. The Labute approximate surface area is 186 Å². The van der Waals surface area contributed by atoms with E-state index in [4.69, 9.17) is 4.74 Å². The van der Waals surface area contributed by atoms with Crippen molar-refractivity contribution in [1.29, 1.82) is 0 Å². The number of nitrogens with one attached hydrogen (secondary N) is 1. The van der Waals surface area contributed by atoms with Crippen LogP contribution in [0.15, 0.2) is 48.7 Å². The number of nitrogens with zero attached hydrogens (tertiary/aromatic N) is 4. The van der Waals surface area contributed by atoms with E-state index in [2.05, 4.69) is 20.2 Å². The summed E-state index contributed by atoms with van der Waals surface area (Å²) in [5.41, 5.74) is 2.79. The predicted octanol–water partition coefficient (Wildman–Crippen LogP) is 4.77. The molecule has 7 nitrogen and oxygen atoms in total. The van der Waals surface area contributed by atoms with Crippen LogP contribution in [0, 0.1) is 6.92 Å². The molecule has 0 saturated carbocycles. The van der Waals surface area contributed by atoms with Gasteiger partial charge in [-0.25, -0.2) is 9.97 Å². The molecule has 0 radical (unpaired) electrons. The lowest BCUT2D eigenvalue weighted by molar-refractivity contribution is -0.140. The Kier molecular flexibility index (Phi) is 4.80. The molecule has 0 saturated heterocycles. The van der Waals surface area contributed by atoms with Crippen LogP contribution in [0.1, 0.15) is 28.7 Å². The second kappa shape index (κ2) is 7.58. The monoisotopic (exact) mass is 453 g/mol. The Bertz CT molecular complexity index is 1380. The van der Waals surface area contributed by atoms with Crippen LogP contribution in [0.2, 0.25) is 0 Å². The van der Waals surface area contributed by atoms with E-state index in [0.29, 0.717) is 29.3 Å². The molecule has 1 amide bonds. The number of halogens is 3. The number of H-pyrrole nitrogens is 1. The summed E-state index contributed by atoms with van der Waals surface area (Å²) in [5, 5.41) is 6.60. The summed E-state index contributed by atoms with van der Waals surface area (Å²) < 4.78 is 44.4. The zero-order valence-electron chi connectivity index (χ0n) is 17.6. The van der Waals surface area contributed by atoms with Crippen molar-refractivity contribution in [1.82, 2.24) is 20.2 Å². The van der Waals surface area contributed by atoms with Gasteiger partial charge in [-0.05, 0) is 55.8 Å². The number of fused-ring (bicyclic) bond motifs is 2. The SMILES string of the molecule is Cc1cc(-c2ccc3nc(C(F)(F)F)ccc3n2)ccc1N1C(=O)c2[nH]ncc2OCC1C. The van der Waals surface area contributed by atoms with Gasteiger partial charge in [-0.1, -0.05) is 6.07 Å². The van der Waals surface area contributed by atoms with Crippen LogP contribution in [-0.2, 0) is 6.18 Å². The predicted molar refractivity (Wildman–Crippen MR) is 115 cm³/mol. The molecule has 0 bridgehead atoms. The number of aromatic nitrogens is 4. The standard InChI is InChI=1S/C23H18F3N5O2/c1-12-9-14(15-4-5-17-16(28-15)6-8-20(29-17)23(24,25)26)3-7-18(12)31-13(2)11-33-19-10-27-30-21(19)22(31)32/h3-10,13H,11H2,1-2H3,(H,27,30). The first-order chi connectivity index (χ1) is 15.7. The van der Waals surface area contributed by atoms with Crippen LogP contribution in [0.5, 0.6) is 5.75 Å². The minimum absolute atomic E-state index is 0.168. The number of anilines is 1. The highest BCUT2D eigenvalue weighted by Gasteiger charge is 2.33. The second-order valence-electron chi connectivity index (χ2n) is 7.87. The highest BCUT2D eigenvalue weighted by molar-refractivity contribution is 6.07. The van der Waals surface area contributed by atoms with Crippen molar-refractivity contribution < 1.29 is 22.7 Å². The number of ether oxygens (including phenoxy) is 1. The summed E-state index contributed by atoms with van der Waals surface area (Å²) >= 11 is 0. The Morgan fingerprint density at radius 2 is 1.85 bits per heavy atom. The smallest absolute Gasteiger partial charge is 0.433 e. The van der Waals surface area contributed by atoms with Crippen molar-refractivity contribution >= 4 is 22.6 Å². The van der Waals surface area contributed by atoms with Gasteiger partial charge in [0.05, 0.1) is 29.0 Å². The number of amides is 1. The average Bonchev–Trinajstić information content (AvgIpc) is 3.22. The average molecular weight is 453 g/mol. The maximum absolute atomic E-state index is 13.1. The van der Waals surface area contributed by atoms with E-state index in [1.807, 2.05) is 32.0 Å². The van der Waals surface area contributed by atoms with Crippen molar-refractivity contribution in [2.24, 2.45) is 0 Å². The Morgan fingerprint density at radius 1 is 1.09 bits per heavy atom. The van der Waals surface area contributed by atoms with Crippen LogP contribution >= 0.6 is 0 Å². The summed E-state index contributed by atoms with van der Waals surface area (Å²) in [6, 6.07) is 10.7. The molecule has 1 atom stereocenters. The molecule has 1 aromatic carbocycles. The van der Waals surface area contributed by atoms with Gasteiger partial charge < -0.3 is 9.64 Å². The van der Waals surface area contributed by atoms with Crippen molar-refractivity contribution in [2.75, 3.05) is 11.5 Å². The van der Waals surface area contributed by atoms with Crippen molar-refractivity contribution in [3.8, 4) is 17.0 Å². The van der Waals surface area contributed by atoms with Gasteiger partial charge in [-0.15, -0.1) is 0 Å². The molecule has 1 N–H and O–H groups in total. The Hall–Kier alpha value is -3.95. The van der Waals surface area contributed by atoms with Gasteiger partial charge in [0, 0.05) is 11.3 Å². The number of benzene rings is 1. The Morgan fingerprint density at radius 3 is 2.61 bits per heavy atom. The van der Waals surface area contributed by atoms with E-state index in [-0.39, 0.29) is 17.5 Å². The van der Waals surface area contributed by atoms with Gasteiger partial charge in [0.25, 0.3) is 5.91 Å². The van der Waals surface area contributed by atoms with Crippen molar-refractivity contribution in [2.45, 2.75) is 26.1 Å². The zero-order valence-corrected chi connectivity index (χ0v) is 17.6. The second-order valence-corrected chi connectivity index (χ2v) is 7.87. The molecule has 1 unspecified atom stereocenters. The van der Waals surface area contributed by atoms with Gasteiger partial charge in [-0.3, -0.25) is 9.89 Å². The molecule has 10 heteroatoms. The van der Waals surface area contributed by atoms with E-state index in [9.17, 15) is 18.0 Å². The molecule has 1 aliphatic rings. The first-order valence-corrected chi connectivity index (χ1v) is 10.2. The lowest BCUT2D eigenvalue weighted by Gasteiger charge is -2.28. The third-order valence-electron chi connectivity index (χ3n) is 5.54. The molecule has 0 fully saturated rings. The van der Waals surface area contributed by atoms with Gasteiger partial charge in [0.2, 0.25) is 0 Å². The molecule has 168 valence electrons. The highest BCUT2D eigenvalue weighted by Crippen LogP contribution is 2.33.